The van der Waals surface area contributed by atoms with Crippen LogP contribution in [0, 0.1) is 25.5 Å². The lowest BCUT2D eigenvalue weighted by Crippen LogP contribution is -2.39. The van der Waals surface area contributed by atoms with Crippen molar-refractivity contribution in [2.75, 3.05) is 6.54 Å². The molecule has 0 bridgehead atoms. The zero-order valence-electron chi connectivity index (χ0n) is 13.8. The maximum Gasteiger partial charge on any atom is 0.220 e. The van der Waals surface area contributed by atoms with Crippen LogP contribution in [-0.2, 0) is 16.8 Å². The molecule has 24 heavy (non-hydrogen) atoms. The van der Waals surface area contributed by atoms with Crippen LogP contribution in [0.2, 0.25) is 0 Å². The highest BCUT2D eigenvalue weighted by molar-refractivity contribution is 5.76. The molecule has 2 rings (SSSR count). The van der Waals surface area contributed by atoms with Crippen LogP contribution >= 0.6 is 0 Å². The Balaban J connectivity index is 1.93. The van der Waals surface area contributed by atoms with E-state index in [9.17, 15) is 18.7 Å². The van der Waals surface area contributed by atoms with Crippen LogP contribution in [0.15, 0.2) is 22.7 Å². The average Bonchev–Trinajstić information content (AvgIpc) is 2.81. The molecule has 1 aromatic carbocycles. The third-order valence-electron chi connectivity index (χ3n) is 3.92. The molecule has 2 N–H and O–H groups in total. The van der Waals surface area contributed by atoms with E-state index in [1.807, 2.05) is 0 Å². The van der Waals surface area contributed by atoms with Gasteiger partial charge in [0.1, 0.15) is 23.0 Å². The predicted molar refractivity (Wildman–Crippen MR) is 83.2 cm³/mol. The summed E-state index contributed by atoms with van der Waals surface area (Å²) in [5, 5.41) is 16.7. The fourth-order valence-electron chi connectivity index (χ4n) is 2.48. The number of halogens is 2. The fraction of sp³-hybridized carbons (Fsp3) is 0.412. The first-order valence-electron chi connectivity index (χ1n) is 7.57. The Kier molecular flexibility index (Phi) is 5.33. The van der Waals surface area contributed by atoms with Gasteiger partial charge in [0.25, 0.3) is 0 Å². The fourth-order valence-corrected chi connectivity index (χ4v) is 2.48. The summed E-state index contributed by atoms with van der Waals surface area (Å²) in [6.07, 6.45) is 0.644. The minimum absolute atomic E-state index is 0.0741. The molecule has 1 heterocycles. The van der Waals surface area contributed by atoms with E-state index in [4.69, 9.17) is 4.52 Å². The highest BCUT2D eigenvalue weighted by Gasteiger charge is 2.27. The van der Waals surface area contributed by atoms with Crippen LogP contribution < -0.4 is 5.32 Å². The molecule has 1 unspecified atom stereocenters. The first-order valence-corrected chi connectivity index (χ1v) is 7.57. The smallest absolute Gasteiger partial charge is 0.220 e. The highest BCUT2D eigenvalue weighted by atomic mass is 19.1. The Bertz CT molecular complexity index is 722. The standard InChI is InChI=1S/C17H20F2N2O3/c1-10-13(11(2)24-21-10)5-7-16(22)20-9-17(3,23)14-6-4-12(18)8-15(14)19/h4,6,8,23H,5,7,9H2,1-3H3,(H,20,22). The maximum absolute atomic E-state index is 13.8. The zero-order chi connectivity index (χ0) is 17.9. The van der Waals surface area contributed by atoms with Crippen LogP contribution in [0.3, 0.4) is 0 Å². The van der Waals surface area contributed by atoms with Crippen molar-refractivity contribution >= 4 is 5.91 Å². The van der Waals surface area contributed by atoms with E-state index < -0.39 is 17.2 Å². The second-order valence-corrected chi connectivity index (χ2v) is 5.98. The summed E-state index contributed by atoms with van der Waals surface area (Å²) in [5.74, 6) is -1.21. The van der Waals surface area contributed by atoms with Crippen molar-refractivity contribution in [3.63, 3.8) is 0 Å². The Morgan fingerprint density at radius 3 is 2.67 bits per heavy atom. The number of carbonyl (C=O) groups excluding carboxylic acids is 1. The summed E-state index contributed by atoms with van der Waals surface area (Å²) in [6, 6.07) is 2.93. The summed E-state index contributed by atoms with van der Waals surface area (Å²) in [5.41, 5.74) is -0.103. The van der Waals surface area contributed by atoms with Crippen LogP contribution in [0.4, 0.5) is 8.78 Å². The molecule has 2 aromatic rings. The third kappa shape index (κ3) is 4.17. The van der Waals surface area contributed by atoms with Crippen molar-refractivity contribution in [3.8, 4) is 0 Å². The van der Waals surface area contributed by atoms with Gasteiger partial charge in [0.05, 0.1) is 12.2 Å². The quantitative estimate of drug-likeness (QED) is 0.849. The molecule has 7 heteroatoms. The Labute approximate surface area is 138 Å². The van der Waals surface area contributed by atoms with E-state index in [-0.39, 0.29) is 24.4 Å². The third-order valence-corrected chi connectivity index (χ3v) is 3.92. The molecule has 5 nitrogen and oxygen atoms in total. The minimum atomic E-state index is -1.64. The number of aromatic nitrogens is 1. The van der Waals surface area contributed by atoms with Crippen molar-refractivity contribution < 1.29 is 23.2 Å². The van der Waals surface area contributed by atoms with Gasteiger partial charge in [-0.25, -0.2) is 8.78 Å². The summed E-state index contributed by atoms with van der Waals surface area (Å²) in [7, 11) is 0. The van der Waals surface area contributed by atoms with Gasteiger partial charge in [0, 0.05) is 23.6 Å². The van der Waals surface area contributed by atoms with Crippen molar-refractivity contribution in [2.45, 2.75) is 39.2 Å². The number of hydrogen-bond donors (Lipinski definition) is 2. The van der Waals surface area contributed by atoms with Gasteiger partial charge in [-0.05, 0) is 33.3 Å². The Morgan fingerprint density at radius 1 is 1.38 bits per heavy atom. The highest BCUT2D eigenvalue weighted by Crippen LogP contribution is 2.23. The molecule has 1 aromatic heterocycles. The molecule has 0 saturated heterocycles. The molecule has 1 atom stereocenters. The maximum atomic E-state index is 13.8. The van der Waals surface area contributed by atoms with Gasteiger partial charge >= 0.3 is 0 Å². The molecule has 1 amide bonds. The number of amides is 1. The molecule has 0 aliphatic rings. The molecule has 0 spiro atoms. The van der Waals surface area contributed by atoms with Gasteiger partial charge < -0.3 is 14.9 Å². The molecular weight excluding hydrogens is 318 g/mol. The van der Waals surface area contributed by atoms with Crippen molar-refractivity contribution in [1.29, 1.82) is 0 Å². The summed E-state index contributed by atoms with van der Waals surface area (Å²) >= 11 is 0. The van der Waals surface area contributed by atoms with Crippen LogP contribution in [-0.4, -0.2) is 22.7 Å². The number of benzene rings is 1. The van der Waals surface area contributed by atoms with E-state index in [2.05, 4.69) is 10.5 Å². The lowest BCUT2D eigenvalue weighted by atomic mass is 9.95. The number of nitrogens with zero attached hydrogens (tertiary/aromatic N) is 1. The number of nitrogens with one attached hydrogen (secondary N) is 1. The van der Waals surface area contributed by atoms with Crippen LogP contribution in [0.25, 0.3) is 0 Å². The summed E-state index contributed by atoms with van der Waals surface area (Å²) in [4.78, 5) is 12.0. The second kappa shape index (κ2) is 7.09. The van der Waals surface area contributed by atoms with Crippen LogP contribution in [0.5, 0.6) is 0 Å². The number of aliphatic hydroxyl groups is 1. The van der Waals surface area contributed by atoms with Crippen molar-refractivity contribution in [2.24, 2.45) is 0 Å². The molecule has 0 aliphatic carbocycles. The molecular formula is C17H20F2N2O3. The van der Waals surface area contributed by atoms with Crippen molar-refractivity contribution in [1.82, 2.24) is 10.5 Å². The molecule has 0 saturated carbocycles. The van der Waals surface area contributed by atoms with Gasteiger partial charge in [0.2, 0.25) is 5.91 Å². The van der Waals surface area contributed by atoms with Gasteiger partial charge in [-0.1, -0.05) is 11.2 Å². The molecule has 0 radical (unpaired) electrons. The van der Waals surface area contributed by atoms with E-state index in [1.54, 1.807) is 13.8 Å². The van der Waals surface area contributed by atoms with Crippen LogP contribution in [0.1, 0.15) is 35.9 Å². The Hall–Kier alpha value is -2.28. The van der Waals surface area contributed by atoms with E-state index in [0.29, 0.717) is 18.2 Å². The molecule has 130 valence electrons. The first-order chi connectivity index (χ1) is 11.2. The van der Waals surface area contributed by atoms with Gasteiger partial charge in [-0.2, -0.15) is 0 Å². The largest absolute Gasteiger partial charge is 0.383 e. The lowest BCUT2D eigenvalue weighted by molar-refractivity contribution is -0.122. The SMILES string of the molecule is Cc1noc(C)c1CCC(=O)NCC(C)(O)c1ccc(F)cc1F. The number of carbonyl (C=O) groups is 1. The Morgan fingerprint density at radius 2 is 2.08 bits per heavy atom. The number of rotatable bonds is 6. The molecule has 0 aliphatic heterocycles. The second-order valence-electron chi connectivity index (χ2n) is 5.98. The monoisotopic (exact) mass is 338 g/mol. The van der Waals surface area contributed by atoms with Gasteiger partial charge in [-0.15, -0.1) is 0 Å². The summed E-state index contributed by atoms with van der Waals surface area (Å²) in [6.45, 7) is 4.75. The van der Waals surface area contributed by atoms with Crippen molar-refractivity contribution in [3.05, 3.63) is 52.4 Å². The molecule has 0 fully saturated rings. The zero-order valence-corrected chi connectivity index (χ0v) is 13.8. The van der Waals surface area contributed by atoms with E-state index >= 15 is 0 Å². The van der Waals surface area contributed by atoms with E-state index in [0.717, 1.165) is 17.3 Å². The van der Waals surface area contributed by atoms with Gasteiger partial charge in [0.15, 0.2) is 0 Å². The van der Waals surface area contributed by atoms with E-state index in [1.165, 1.54) is 13.0 Å². The lowest BCUT2D eigenvalue weighted by Gasteiger charge is -2.24. The minimum Gasteiger partial charge on any atom is -0.383 e. The van der Waals surface area contributed by atoms with Gasteiger partial charge in [-0.3, -0.25) is 4.79 Å². The number of aryl methyl sites for hydroxylation is 2. The topological polar surface area (TPSA) is 75.4 Å². The average molecular weight is 338 g/mol. The number of hydrogen-bond acceptors (Lipinski definition) is 4. The first kappa shape index (κ1) is 18.1. The predicted octanol–water partition coefficient (Wildman–Crippen LogP) is 2.53. The normalized spacial score (nSPS) is 13.6. The summed E-state index contributed by atoms with van der Waals surface area (Å²) < 4.78 is 31.7.